The molecule has 1 saturated carbocycles. The number of rotatable bonds is 6. The lowest BCUT2D eigenvalue weighted by Crippen LogP contribution is -2.48. The summed E-state index contributed by atoms with van der Waals surface area (Å²) in [5.41, 5.74) is 3.90. The molecule has 1 heterocycles. The Kier molecular flexibility index (Phi) is 9.44. The number of carbonyl (C=O) groups excluding carboxylic acids is 1. The normalized spacial score (nSPS) is 15.6. The standard InChI is InChI=1S/C24H30N2O4.C7H8/c1-29-22-11-10-20(16-23(22)30-21-4-2-3-5-21)25-12-14-26(15-13-25)24(28)19-8-6-18(17-27)7-9-19;1-7-5-3-2-4-6-7/h6-11,16,21,27H,2-5,12-15,17H2,1H3;2-6H,1H3. The summed E-state index contributed by atoms with van der Waals surface area (Å²) in [4.78, 5) is 17.0. The predicted molar refractivity (Wildman–Crippen MR) is 148 cm³/mol. The van der Waals surface area contributed by atoms with Gasteiger partial charge in [0.2, 0.25) is 0 Å². The highest BCUT2D eigenvalue weighted by molar-refractivity contribution is 5.94. The number of ether oxygens (including phenoxy) is 2. The summed E-state index contributed by atoms with van der Waals surface area (Å²) in [5, 5.41) is 9.17. The minimum Gasteiger partial charge on any atom is -0.493 e. The van der Waals surface area contributed by atoms with Crippen molar-refractivity contribution in [2.75, 3.05) is 38.2 Å². The molecule has 0 aromatic heterocycles. The first-order valence-corrected chi connectivity index (χ1v) is 13.2. The lowest BCUT2D eigenvalue weighted by molar-refractivity contribution is 0.0746. The van der Waals surface area contributed by atoms with Gasteiger partial charge in [-0.1, -0.05) is 48.0 Å². The SMILES string of the molecule is COc1ccc(N2CCN(C(=O)c3ccc(CO)cc3)CC2)cc1OC1CCCC1.Cc1ccccc1. The van der Waals surface area contributed by atoms with Gasteiger partial charge in [0.15, 0.2) is 11.5 Å². The molecule has 0 unspecified atom stereocenters. The molecule has 1 saturated heterocycles. The minimum atomic E-state index is -0.0124. The highest BCUT2D eigenvalue weighted by Crippen LogP contribution is 2.35. The summed E-state index contributed by atoms with van der Waals surface area (Å²) >= 11 is 0. The Morgan fingerprint density at radius 1 is 0.892 bits per heavy atom. The van der Waals surface area contributed by atoms with Crippen LogP contribution < -0.4 is 14.4 Å². The second kappa shape index (κ2) is 13.2. The van der Waals surface area contributed by atoms with Gasteiger partial charge in [0, 0.05) is 43.5 Å². The molecule has 3 aromatic rings. The Morgan fingerprint density at radius 3 is 2.14 bits per heavy atom. The number of carbonyl (C=O) groups is 1. The van der Waals surface area contributed by atoms with Gasteiger partial charge in [-0.15, -0.1) is 0 Å². The molecule has 6 nitrogen and oxygen atoms in total. The van der Waals surface area contributed by atoms with Crippen LogP contribution in [0.5, 0.6) is 11.5 Å². The van der Waals surface area contributed by atoms with Crippen LogP contribution in [0.4, 0.5) is 5.69 Å². The van der Waals surface area contributed by atoms with Gasteiger partial charge >= 0.3 is 0 Å². The molecule has 1 amide bonds. The van der Waals surface area contributed by atoms with Crippen LogP contribution in [0.3, 0.4) is 0 Å². The third kappa shape index (κ3) is 7.26. The zero-order valence-electron chi connectivity index (χ0n) is 21.9. The molecule has 1 aliphatic heterocycles. The molecule has 37 heavy (non-hydrogen) atoms. The van der Waals surface area contributed by atoms with Gasteiger partial charge in [0.05, 0.1) is 19.8 Å². The zero-order valence-corrected chi connectivity index (χ0v) is 21.9. The topological polar surface area (TPSA) is 62.2 Å². The Morgan fingerprint density at radius 2 is 1.57 bits per heavy atom. The van der Waals surface area contributed by atoms with Crippen molar-refractivity contribution in [1.82, 2.24) is 4.90 Å². The van der Waals surface area contributed by atoms with Crippen LogP contribution in [0.15, 0.2) is 72.8 Å². The number of nitrogens with zero attached hydrogens (tertiary/aromatic N) is 2. The van der Waals surface area contributed by atoms with Crippen LogP contribution in [0.1, 0.15) is 47.2 Å². The summed E-state index contributed by atoms with van der Waals surface area (Å²) in [6.07, 6.45) is 4.94. The first-order chi connectivity index (χ1) is 18.1. The fraction of sp³-hybridized carbons (Fsp3) is 0.387. The molecule has 5 rings (SSSR count). The molecule has 0 atom stereocenters. The molecular weight excluding hydrogens is 464 g/mol. The van der Waals surface area contributed by atoms with Gasteiger partial charge in [0.25, 0.3) is 5.91 Å². The number of benzene rings is 3. The first kappa shape index (κ1) is 26.6. The van der Waals surface area contributed by atoms with Crippen LogP contribution in [-0.4, -0.2) is 55.3 Å². The van der Waals surface area contributed by atoms with E-state index in [9.17, 15) is 4.79 Å². The van der Waals surface area contributed by atoms with Crippen molar-refractivity contribution in [2.24, 2.45) is 0 Å². The maximum Gasteiger partial charge on any atom is 0.253 e. The molecule has 3 aromatic carbocycles. The number of piperazine rings is 1. The average molecular weight is 503 g/mol. The van der Waals surface area contributed by atoms with E-state index in [1.807, 2.05) is 29.2 Å². The molecule has 0 spiro atoms. The second-order valence-electron chi connectivity index (χ2n) is 9.65. The molecule has 196 valence electrons. The number of hydrogen-bond acceptors (Lipinski definition) is 5. The number of aryl methyl sites for hydroxylation is 1. The maximum atomic E-state index is 12.8. The average Bonchev–Trinajstić information content (AvgIpc) is 3.47. The molecular formula is C31H38N2O4. The molecule has 1 N–H and O–H groups in total. The van der Waals surface area contributed by atoms with Crippen molar-refractivity contribution in [1.29, 1.82) is 0 Å². The largest absolute Gasteiger partial charge is 0.493 e. The van der Waals surface area contributed by atoms with Gasteiger partial charge in [-0.2, -0.15) is 0 Å². The lowest BCUT2D eigenvalue weighted by atomic mass is 10.1. The van der Waals surface area contributed by atoms with E-state index < -0.39 is 0 Å². The Balaban J connectivity index is 0.000000396. The quantitative estimate of drug-likeness (QED) is 0.485. The van der Waals surface area contributed by atoms with Crippen molar-refractivity contribution < 1.29 is 19.4 Å². The van der Waals surface area contributed by atoms with Crippen molar-refractivity contribution in [2.45, 2.75) is 45.3 Å². The molecule has 2 aliphatic rings. The highest BCUT2D eigenvalue weighted by Gasteiger charge is 2.24. The van der Waals surface area contributed by atoms with Crippen LogP contribution in [0.2, 0.25) is 0 Å². The number of anilines is 1. The predicted octanol–water partition coefficient (Wildman–Crippen LogP) is 5.47. The van der Waals surface area contributed by atoms with Gasteiger partial charge in [-0.25, -0.2) is 0 Å². The van der Waals surface area contributed by atoms with Gasteiger partial charge < -0.3 is 24.4 Å². The first-order valence-electron chi connectivity index (χ1n) is 13.2. The van der Waals surface area contributed by atoms with Gasteiger partial charge in [-0.3, -0.25) is 4.79 Å². The number of aliphatic hydroxyl groups is 1. The summed E-state index contributed by atoms with van der Waals surface area (Å²) in [6, 6.07) is 23.5. The number of aliphatic hydroxyl groups excluding tert-OH is 1. The fourth-order valence-electron chi connectivity index (χ4n) is 4.78. The van der Waals surface area contributed by atoms with Gasteiger partial charge in [-0.05, 0) is 62.4 Å². The summed E-state index contributed by atoms with van der Waals surface area (Å²) < 4.78 is 11.7. The van der Waals surface area contributed by atoms with Crippen molar-refractivity contribution >= 4 is 11.6 Å². The monoisotopic (exact) mass is 502 g/mol. The van der Waals surface area contributed by atoms with Crippen molar-refractivity contribution in [3.8, 4) is 11.5 Å². The van der Waals surface area contributed by atoms with Crippen LogP contribution in [0, 0.1) is 6.92 Å². The zero-order chi connectivity index (χ0) is 26.0. The van der Waals surface area contributed by atoms with E-state index in [2.05, 4.69) is 36.1 Å². The van der Waals surface area contributed by atoms with E-state index in [4.69, 9.17) is 14.6 Å². The smallest absolute Gasteiger partial charge is 0.253 e. The highest BCUT2D eigenvalue weighted by atomic mass is 16.5. The van der Waals surface area contributed by atoms with E-state index in [0.29, 0.717) is 18.7 Å². The lowest BCUT2D eigenvalue weighted by Gasteiger charge is -2.36. The van der Waals surface area contributed by atoms with E-state index >= 15 is 0 Å². The molecule has 6 heteroatoms. The van der Waals surface area contributed by atoms with Crippen LogP contribution >= 0.6 is 0 Å². The minimum absolute atomic E-state index is 0.0124. The summed E-state index contributed by atoms with van der Waals surface area (Å²) in [7, 11) is 1.67. The van der Waals surface area contributed by atoms with Gasteiger partial charge in [0.1, 0.15) is 0 Å². The third-order valence-corrected chi connectivity index (χ3v) is 7.00. The Bertz CT molecular complexity index is 1120. The summed E-state index contributed by atoms with van der Waals surface area (Å²) in [6.45, 7) is 4.96. The van der Waals surface area contributed by atoms with Crippen molar-refractivity contribution in [3.05, 3.63) is 89.5 Å². The third-order valence-electron chi connectivity index (χ3n) is 7.00. The van der Waals surface area contributed by atoms with E-state index in [0.717, 1.165) is 48.7 Å². The van der Waals surface area contributed by atoms with Crippen LogP contribution in [0.25, 0.3) is 0 Å². The maximum absolute atomic E-state index is 12.8. The second-order valence-corrected chi connectivity index (χ2v) is 9.65. The number of methoxy groups -OCH3 is 1. The number of amides is 1. The van der Waals surface area contributed by atoms with E-state index in [-0.39, 0.29) is 18.6 Å². The number of hydrogen-bond donors (Lipinski definition) is 1. The molecule has 2 fully saturated rings. The van der Waals surface area contributed by atoms with E-state index in [1.54, 1.807) is 31.4 Å². The Labute approximate surface area is 220 Å². The van der Waals surface area contributed by atoms with Crippen LogP contribution in [-0.2, 0) is 6.61 Å². The molecule has 0 bridgehead atoms. The van der Waals surface area contributed by atoms with Crippen molar-refractivity contribution in [3.63, 3.8) is 0 Å². The van der Waals surface area contributed by atoms with E-state index in [1.165, 1.54) is 18.4 Å². The fourth-order valence-corrected chi connectivity index (χ4v) is 4.78. The Hall–Kier alpha value is -3.51. The molecule has 0 radical (unpaired) electrons. The molecule has 1 aliphatic carbocycles. The summed E-state index contributed by atoms with van der Waals surface area (Å²) in [5.74, 6) is 1.62.